The molecule has 0 aliphatic heterocycles. The number of nitrogens with one attached hydrogen (secondary N) is 1. The number of pyridine rings is 1. The van der Waals surface area contributed by atoms with Gasteiger partial charge in [0.2, 0.25) is 5.91 Å². The Bertz CT molecular complexity index is 1020. The largest absolute Gasteiger partial charge is 0.454 e. The van der Waals surface area contributed by atoms with Gasteiger partial charge in [-0.05, 0) is 43.2 Å². The van der Waals surface area contributed by atoms with Crippen LogP contribution in [0.5, 0.6) is 11.5 Å². The highest BCUT2D eigenvalue weighted by atomic mass is 19.3. The third kappa shape index (κ3) is 4.18. The molecule has 7 nitrogen and oxygen atoms in total. The number of anilines is 2. The molecule has 3 aromatic rings. The van der Waals surface area contributed by atoms with E-state index in [1.165, 1.54) is 6.20 Å². The number of halogens is 2. The van der Waals surface area contributed by atoms with Gasteiger partial charge in [-0.1, -0.05) is 6.42 Å². The molecule has 0 spiro atoms. The number of primary amides is 1. The molecule has 2 heterocycles. The number of benzene rings is 1. The summed E-state index contributed by atoms with van der Waals surface area (Å²) in [5.74, 6) is 0.925. The smallest absolute Gasteiger partial charge is 0.333 e. The van der Waals surface area contributed by atoms with Crippen LogP contribution in [0.1, 0.15) is 47.8 Å². The summed E-state index contributed by atoms with van der Waals surface area (Å²) >= 11 is 0. The van der Waals surface area contributed by atoms with E-state index in [0.717, 1.165) is 19.3 Å². The van der Waals surface area contributed by atoms with Crippen molar-refractivity contribution in [3.05, 3.63) is 60.0 Å². The SMILES string of the molecule is NC(=O)c1ccc(Nc2cc(Oc3cn(C(F)F)nc3C3CCC3)ccn2)cc1. The molecule has 1 fully saturated rings. The summed E-state index contributed by atoms with van der Waals surface area (Å²) in [5, 5.41) is 7.11. The Morgan fingerprint density at radius 1 is 1.24 bits per heavy atom. The lowest BCUT2D eigenvalue weighted by Crippen LogP contribution is -2.11. The van der Waals surface area contributed by atoms with Crippen molar-refractivity contribution in [3.8, 4) is 11.5 Å². The molecule has 9 heteroatoms. The monoisotopic (exact) mass is 399 g/mol. The number of amides is 1. The number of ether oxygens (including phenoxy) is 1. The third-order valence-corrected chi connectivity index (χ3v) is 4.82. The first-order valence-electron chi connectivity index (χ1n) is 9.17. The molecule has 150 valence electrons. The molecule has 0 bridgehead atoms. The molecule has 3 N–H and O–H groups in total. The van der Waals surface area contributed by atoms with E-state index in [1.54, 1.807) is 42.6 Å². The van der Waals surface area contributed by atoms with Crippen LogP contribution >= 0.6 is 0 Å². The zero-order valence-corrected chi connectivity index (χ0v) is 15.4. The van der Waals surface area contributed by atoms with Crippen molar-refractivity contribution in [3.63, 3.8) is 0 Å². The quantitative estimate of drug-likeness (QED) is 0.607. The van der Waals surface area contributed by atoms with Crippen LogP contribution in [-0.2, 0) is 0 Å². The maximum atomic E-state index is 13.1. The Labute approximate surface area is 165 Å². The lowest BCUT2D eigenvalue weighted by molar-refractivity contribution is 0.0556. The first-order chi connectivity index (χ1) is 14.0. The van der Waals surface area contributed by atoms with Gasteiger partial charge in [-0.2, -0.15) is 13.9 Å². The summed E-state index contributed by atoms with van der Waals surface area (Å²) in [6, 6.07) is 9.93. The van der Waals surface area contributed by atoms with E-state index >= 15 is 0 Å². The summed E-state index contributed by atoms with van der Waals surface area (Å²) in [6.07, 6.45) is 5.68. The fraction of sp³-hybridized carbons (Fsp3) is 0.250. The van der Waals surface area contributed by atoms with Crippen molar-refractivity contribution >= 4 is 17.4 Å². The van der Waals surface area contributed by atoms with Crippen molar-refractivity contribution in [2.45, 2.75) is 31.7 Å². The molecule has 1 aliphatic carbocycles. The van der Waals surface area contributed by atoms with Gasteiger partial charge in [0.1, 0.15) is 17.3 Å². The van der Waals surface area contributed by atoms with Crippen LogP contribution in [0.25, 0.3) is 0 Å². The van der Waals surface area contributed by atoms with Gasteiger partial charge in [-0.15, -0.1) is 0 Å². The number of carbonyl (C=O) groups is 1. The Morgan fingerprint density at radius 2 is 2.00 bits per heavy atom. The van der Waals surface area contributed by atoms with Crippen molar-refractivity contribution in [2.75, 3.05) is 5.32 Å². The number of rotatable bonds is 7. The average Bonchev–Trinajstić information content (AvgIpc) is 3.05. The van der Waals surface area contributed by atoms with E-state index in [9.17, 15) is 13.6 Å². The second-order valence-electron chi connectivity index (χ2n) is 6.81. The number of alkyl halides is 2. The van der Waals surface area contributed by atoms with Crippen LogP contribution in [0, 0.1) is 0 Å². The Hall–Kier alpha value is -3.49. The predicted octanol–water partition coefficient (Wildman–Crippen LogP) is 4.58. The highest BCUT2D eigenvalue weighted by Gasteiger charge is 2.28. The highest BCUT2D eigenvalue weighted by molar-refractivity contribution is 5.93. The van der Waals surface area contributed by atoms with Crippen LogP contribution < -0.4 is 15.8 Å². The van der Waals surface area contributed by atoms with Gasteiger partial charge in [-0.25, -0.2) is 9.67 Å². The minimum atomic E-state index is -2.72. The Morgan fingerprint density at radius 3 is 2.62 bits per heavy atom. The zero-order chi connectivity index (χ0) is 20.4. The second kappa shape index (κ2) is 7.86. The molecule has 1 aromatic carbocycles. The van der Waals surface area contributed by atoms with Crippen molar-refractivity contribution in [1.29, 1.82) is 0 Å². The minimum Gasteiger partial charge on any atom is -0.454 e. The topological polar surface area (TPSA) is 95.1 Å². The van der Waals surface area contributed by atoms with Gasteiger partial charge < -0.3 is 15.8 Å². The third-order valence-electron chi connectivity index (χ3n) is 4.82. The van der Waals surface area contributed by atoms with Gasteiger partial charge in [0.25, 0.3) is 0 Å². The molecule has 1 amide bonds. The van der Waals surface area contributed by atoms with Gasteiger partial charge >= 0.3 is 6.55 Å². The standard InChI is InChI=1S/C20H19F2N5O2/c21-20(22)27-11-16(18(26-27)12-2-1-3-12)29-15-8-9-24-17(10-15)25-14-6-4-13(5-7-14)19(23)28/h4-12,20H,1-3H2,(H2,23,28)(H,24,25). The van der Waals surface area contributed by atoms with Crippen LogP contribution in [0.2, 0.25) is 0 Å². The summed E-state index contributed by atoms with van der Waals surface area (Å²) < 4.78 is 32.6. The molecule has 0 saturated heterocycles. The number of nitrogens with two attached hydrogens (primary N) is 1. The normalized spacial score (nSPS) is 13.9. The molecule has 1 aliphatic rings. The maximum absolute atomic E-state index is 13.1. The molecule has 4 rings (SSSR count). The van der Waals surface area contributed by atoms with Crippen LogP contribution in [0.4, 0.5) is 20.3 Å². The molecule has 29 heavy (non-hydrogen) atoms. The summed E-state index contributed by atoms with van der Waals surface area (Å²) in [5.41, 5.74) is 6.91. The minimum absolute atomic E-state index is 0.146. The number of hydrogen-bond donors (Lipinski definition) is 2. The molecular weight excluding hydrogens is 380 g/mol. The van der Waals surface area contributed by atoms with Crippen LogP contribution in [0.15, 0.2) is 48.8 Å². The summed E-state index contributed by atoms with van der Waals surface area (Å²) in [6.45, 7) is -2.72. The van der Waals surface area contributed by atoms with Gasteiger partial charge in [-0.3, -0.25) is 4.79 Å². The van der Waals surface area contributed by atoms with E-state index in [1.807, 2.05) is 0 Å². The van der Waals surface area contributed by atoms with E-state index in [0.29, 0.717) is 38.9 Å². The number of nitrogens with zero attached hydrogens (tertiary/aromatic N) is 3. The number of carbonyl (C=O) groups excluding carboxylic acids is 1. The summed E-state index contributed by atoms with van der Waals surface area (Å²) in [4.78, 5) is 15.4. The molecule has 0 unspecified atom stereocenters. The number of aromatic nitrogens is 3. The first-order valence-corrected chi connectivity index (χ1v) is 9.17. The molecule has 1 saturated carbocycles. The van der Waals surface area contributed by atoms with Gasteiger partial charge in [0.05, 0.1) is 6.20 Å². The van der Waals surface area contributed by atoms with Crippen molar-refractivity contribution < 1.29 is 18.3 Å². The molecular formula is C20H19F2N5O2. The van der Waals surface area contributed by atoms with Gasteiger partial charge in [0, 0.05) is 29.4 Å². The molecule has 2 aromatic heterocycles. The van der Waals surface area contributed by atoms with E-state index < -0.39 is 12.5 Å². The van der Waals surface area contributed by atoms with E-state index in [4.69, 9.17) is 10.5 Å². The zero-order valence-electron chi connectivity index (χ0n) is 15.4. The van der Waals surface area contributed by atoms with Crippen molar-refractivity contribution in [2.24, 2.45) is 5.73 Å². The lowest BCUT2D eigenvalue weighted by Gasteiger charge is -2.24. The number of hydrogen-bond acceptors (Lipinski definition) is 5. The van der Waals surface area contributed by atoms with Gasteiger partial charge in [0.15, 0.2) is 5.75 Å². The summed E-state index contributed by atoms with van der Waals surface area (Å²) in [7, 11) is 0. The first kappa shape index (κ1) is 18.9. The van der Waals surface area contributed by atoms with Crippen LogP contribution in [-0.4, -0.2) is 20.7 Å². The fourth-order valence-corrected chi connectivity index (χ4v) is 3.07. The molecule has 0 radical (unpaired) electrons. The predicted molar refractivity (Wildman–Crippen MR) is 103 cm³/mol. The van der Waals surface area contributed by atoms with Crippen LogP contribution in [0.3, 0.4) is 0 Å². The Kier molecular flexibility index (Phi) is 5.11. The Balaban J connectivity index is 1.52. The maximum Gasteiger partial charge on any atom is 0.333 e. The van der Waals surface area contributed by atoms with E-state index in [2.05, 4.69) is 15.4 Å². The highest BCUT2D eigenvalue weighted by Crippen LogP contribution is 2.41. The fourth-order valence-electron chi connectivity index (χ4n) is 3.07. The lowest BCUT2D eigenvalue weighted by atomic mass is 9.83. The van der Waals surface area contributed by atoms with E-state index in [-0.39, 0.29) is 5.92 Å². The average molecular weight is 399 g/mol. The van der Waals surface area contributed by atoms with Crippen molar-refractivity contribution in [1.82, 2.24) is 14.8 Å². The second-order valence-corrected chi connectivity index (χ2v) is 6.81. The molecule has 0 atom stereocenters.